The average molecular weight is 597 g/mol. The normalized spacial score (nSPS) is 15.0. The highest BCUT2D eigenvalue weighted by Crippen LogP contribution is 2.42. The Labute approximate surface area is 234 Å². The summed E-state index contributed by atoms with van der Waals surface area (Å²) in [4.78, 5) is 40.4. The van der Waals surface area contributed by atoms with Crippen LogP contribution in [-0.4, -0.2) is 60.2 Å². The molecule has 1 aliphatic rings. The number of hydrogen-bond acceptors (Lipinski definition) is 11. The summed E-state index contributed by atoms with van der Waals surface area (Å²) in [5.41, 5.74) is 4.42. The van der Waals surface area contributed by atoms with E-state index in [1.54, 1.807) is 12.1 Å². The number of carbonyl (C=O) groups excluding carboxylic acids is 1. The number of amidine groups is 1. The van der Waals surface area contributed by atoms with Gasteiger partial charge in [0.1, 0.15) is 18.4 Å². The van der Waals surface area contributed by atoms with Gasteiger partial charge in [0, 0.05) is 24.0 Å². The number of nitrogens with zero attached hydrogens (tertiary/aromatic N) is 3. The molecule has 222 valence electrons. The molecule has 41 heavy (non-hydrogen) atoms. The number of ether oxygens (including phenoxy) is 4. The number of aliphatic imine (C=N–C) groups is 1. The van der Waals surface area contributed by atoms with Gasteiger partial charge in [0.15, 0.2) is 40.3 Å². The van der Waals surface area contributed by atoms with Crippen molar-refractivity contribution in [1.29, 1.82) is 0 Å². The summed E-state index contributed by atoms with van der Waals surface area (Å²) in [7, 11) is -0.583. The number of carbonyl (C=O) groups is 1. The SMILES string of the molecule is C=C(/N=C(Nc1ccc2c(n1)N(COP(=O)(O)O)C(=O)C(C)(C)O2)\C(F)=C/N)Nc1cc(OC)c(OC)c(OC)c1. The van der Waals surface area contributed by atoms with Crippen LogP contribution >= 0.6 is 7.82 Å². The summed E-state index contributed by atoms with van der Waals surface area (Å²) in [6, 6.07) is 6.00. The van der Waals surface area contributed by atoms with Gasteiger partial charge < -0.3 is 45.1 Å². The second-order valence-electron chi connectivity index (χ2n) is 8.70. The van der Waals surface area contributed by atoms with Crippen LogP contribution in [-0.2, 0) is 13.9 Å². The van der Waals surface area contributed by atoms with E-state index in [0.29, 0.717) is 29.1 Å². The van der Waals surface area contributed by atoms with Crippen molar-refractivity contribution in [1.82, 2.24) is 4.98 Å². The van der Waals surface area contributed by atoms with E-state index in [0.717, 1.165) is 4.90 Å². The van der Waals surface area contributed by atoms with Crippen LogP contribution in [0, 0.1) is 0 Å². The number of nitrogens with one attached hydrogen (secondary N) is 2. The Hall–Kier alpha value is -4.37. The first-order valence-corrected chi connectivity index (χ1v) is 13.2. The first kappa shape index (κ1) is 31.2. The number of amides is 1. The van der Waals surface area contributed by atoms with Gasteiger partial charge in [-0.25, -0.2) is 18.9 Å². The number of halogens is 1. The molecule has 6 N–H and O–H groups in total. The fourth-order valence-corrected chi connectivity index (χ4v) is 3.86. The third-order valence-electron chi connectivity index (χ3n) is 5.39. The van der Waals surface area contributed by atoms with Gasteiger partial charge >= 0.3 is 7.82 Å². The Balaban J connectivity index is 1.93. The van der Waals surface area contributed by atoms with E-state index in [4.69, 9.17) is 34.5 Å². The molecule has 1 amide bonds. The zero-order valence-electron chi connectivity index (χ0n) is 22.8. The maximum atomic E-state index is 14.7. The number of fused-ring (bicyclic) bond motifs is 1. The quantitative estimate of drug-likeness (QED) is 0.144. The maximum absolute atomic E-state index is 14.7. The Morgan fingerprint density at radius 2 is 1.85 bits per heavy atom. The summed E-state index contributed by atoms with van der Waals surface area (Å²) >= 11 is 0. The van der Waals surface area contributed by atoms with Crippen LogP contribution in [0.2, 0.25) is 0 Å². The van der Waals surface area contributed by atoms with Crippen molar-refractivity contribution in [2.24, 2.45) is 10.7 Å². The molecule has 0 unspecified atom stereocenters. The van der Waals surface area contributed by atoms with Gasteiger partial charge in [0.2, 0.25) is 5.75 Å². The van der Waals surface area contributed by atoms with Gasteiger partial charge in [-0.15, -0.1) is 0 Å². The summed E-state index contributed by atoms with van der Waals surface area (Å²) in [6.45, 7) is 5.89. The maximum Gasteiger partial charge on any atom is 0.471 e. The minimum absolute atomic E-state index is 0.0302. The van der Waals surface area contributed by atoms with Crippen LogP contribution in [0.4, 0.5) is 21.7 Å². The molecule has 0 atom stereocenters. The number of methoxy groups -OCH3 is 3. The molecule has 0 spiro atoms. The van der Waals surface area contributed by atoms with E-state index >= 15 is 0 Å². The van der Waals surface area contributed by atoms with Crippen molar-refractivity contribution < 1.29 is 47.0 Å². The largest absolute Gasteiger partial charge is 0.493 e. The molecule has 1 aliphatic heterocycles. The molecule has 1 aromatic heterocycles. The molecule has 2 aromatic rings. The molecular formula is C24H30FN6O9P. The third-order valence-corrected chi connectivity index (χ3v) is 5.85. The lowest BCUT2D eigenvalue weighted by atomic mass is 10.1. The van der Waals surface area contributed by atoms with Crippen LogP contribution in [0.15, 0.2) is 53.7 Å². The van der Waals surface area contributed by atoms with E-state index in [2.05, 4.69) is 31.7 Å². The third kappa shape index (κ3) is 7.43. The van der Waals surface area contributed by atoms with Gasteiger partial charge in [-0.2, -0.15) is 0 Å². The minimum Gasteiger partial charge on any atom is -0.493 e. The number of phosphoric acid groups is 1. The molecule has 0 bridgehead atoms. The fourth-order valence-electron chi connectivity index (χ4n) is 3.59. The zero-order chi connectivity index (χ0) is 30.5. The highest BCUT2D eigenvalue weighted by molar-refractivity contribution is 7.46. The molecule has 2 heterocycles. The highest BCUT2D eigenvalue weighted by Gasteiger charge is 2.42. The van der Waals surface area contributed by atoms with E-state index in [1.807, 2.05) is 0 Å². The van der Waals surface area contributed by atoms with Gasteiger partial charge in [-0.05, 0) is 26.0 Å². The molecule has 0 aliphatic carbocycles. The molecule has 3 rings (SSSR count). The Morgan fingerprint density at radius 3 is 2.39 bits per heavy atom. The van der Waals surface area contributed by atoms with Crippen molar-refractivity contribution in [3.8, 4) is 23.0 Å². The molecule has 0 fully saturated rings. The Kier molecular flexibility index (Phi) is 9.45. The average Bonchev–Trinajstić information content (AvgIpc) is 2.91. The van der Waals surface area contributed by atoms with Gasteiger partial charge in [-0.3, -0.25) is 14.2 Å². The van der Waals surface area contributed by atoms with Crippen molar-refractivity contribution in [2.75, 3.05) is 43.6 Å². The molecule has 1 aromatic carbocycles. The zero-order valence-corrected chi connectivity index (χ0v) is 23.7. The molecule has 0 radical (unpaired) electrons. The number of nitrogens with two attached hydrogens (primary N) is 1. The second-order valence-corrected chi connectivity index (χ2v) is 9.94. The standard InChI is InChI=1S/C24H30FN6O9P/c1-13(27-14-9-17(36-4)20(38-6)18(10-14)37-5)28-21(15(25)11-26)29-19-8-7-16-22(30-19)31(12-39-41(33,34)35)23(32)24(2,3)40-16/h7-11,27H,1,12,26H2,2-6H3,(H,28,29,30)(H2,33,34,35)/b15-11+. The van der Waals surface area contributed by atoms with Crippen LogP contribution in [0.25, 0.3) is 0 Å². The van der Waals surface area contributed by atoms with Crippen molar-refractivity contribution in [2.45, 2.75) is 19.4 Å². The molecule has 15 nitrogen and oxygen atoms in total. The number of anilines is 3. The van der Waals surface area contributed by atoms with E-state index in [-0.39, 0.29) is 23.2 Å². The number of benzene rings is 1. The first-order valence-electron chi connectivity index (χ1n) is 11.6. The van der Waals surface area contributed by atoms with Crippen molar-refractivity contribution >= 4 is 36.9 Å². The molecule has 17 heteroatoms. The van der Waals surface area contributed by atoms with Crippen molar-refractivity contribution in [3.05, 3.63) is 48.7 Å². The number of pyridine rings is 1. The fraction of sp³-hybridized carbons (Fsp3) is 0.292. The van der Waals surface area contributed by atoms with Crippen LogP contribution in [0.5, 0.6) is 23.0 Å². The minimum atomic E-state index is -4.93. The second kappa shape index (κ2) is 12.4. The summed E-state index contributed by atoms with van der Waals surface area (Å²) < 4.78 is 52.2. The van der Waals surface area contributed by atoms with Gasteiger partial charge in [0.05, 0.1) is 21.3 Å². The van der Waals surface area contributed by atoms with Crippen LogP contribution in [0.3, 0.4) is 0 Å². The summed E-state index contributed by atoms with van der Waals surface area (Å²) in [5.74, 6) is -1.11. The van der Waals surface area contributed by atoms with Crippen molar-refractivity contribution in [3.63, 3.8) is 0 Å². The smallest absolute Gasteiger partial charge is 0.471 e. The first-order chi connectivity index (χ1) is 19.2. The van der Waals surface area contributed by atoms with Gasteiger partial charge in [-0.1, -0.05) is 6.58 Å². The molecule has 0 saturated carbocycles. The summed E-state index contributed by atoms with van der Waals surface area (Å²) in [6.07, 6.45) is 0.659. The van der Waals surface area contributed by atoms with E-state index < -0.39 is 37.7 Å². The Bertz CT molecular complexity index is 1420. The topological polar surface area (TPSA) is 199 Å². The van der Waals surface area contributed by atoms with E-state index in [1.165, 1.54) is 47.3 Å². The number of aromatic nitrogens is 1. The monoisotopic (exact) mass is 596 g/mol. The predicted molar refractivity (Wildman–Crippen MR) is 148 cm³/mol. The van der Waals surface area contributed by atoms with E-state index in [9.17, 15) is 13.8 Å². The molecule has 0 saturated heterocycles. The lowest BCUT2D eigenvalue weighted by molar-refractivity contribution is -0.133. The predicted octanol–water partition coefficient (Wildman–Crippen LogP) is 2.84. The Morgan fingerprint density at radius 1 is 1.22 bits per heavy atom. The van der Waals surface area contributed by atoms with Crippen LogP contribution in [0.1, 0.15) is 13.8 Å². The lowest BCUT2D eigenvalue weighted by Gasteiger charge is -2.37. The lowest BCUT2D eigenvalue weighted by Crippen LogP contribution is -2.53. The van der Waals surface area contributed by atoms with Gasteiger partial charge in [0.25, 0.3) is 5.91 Å². The summed E-state index contributed by atoms with van der Waals surface area (Å²) in [5, 5.41) is 5.53. The van der Waals surface area contributed by atoms with Crippen LogP contribution < -0.4 is 40.2 Å². The number of phosphoric ester groups is 1. The molecular weight excluding hydrogens is 566 g/mol. The number of hydrogen-bond donors (Lipinski definition) is 5. The highest BCUT2D eigenvalue weighted by atomic mass is 31.2. The number of rotatable bonds is 11.